The number of hydrogen-bond acceptors (Lipinski definition) is 5. The fraction of sp³-hybridized carbons (Fsp3) is 0.0909. The van der Waals surface area contributed by atoms with Crippen LogP contribution in [0.1, 0.15) is 19.4 Å². The summed E-state index contributed by atoms with van der Waals surface area (Å²) in [6, 6.07) is 19.4. The van der Waals surface area contributed by atoms with Crippen LogP contribution in [0.25, 0.3) is 11.4 Å². The molecule has 0 bridgehead atoms. The number of benzene rings is 2. The average molecular weight is 388 g/mol. The van der Waals surface area contributed by atoms with Crippen LogP contribution < -0.4 is 5.32 Å². The first-order chi connectivity index (χ1) is 13.5. The van der Waals surface area contributed by atoms with Crippen molar-refractivity contribution in [3.05, 3.63) is 90.2 Å². The lowest BCUT2D eigenvalue weighted by Crippen LogP contribution is -2.15. The molecule has 0 aliphatic carbocycles. The third-order valence-corrected chi connectivity index (χ3v) is 4.59. The summed E-state index contributed by atoms with van der Waals surface area (Å²) in [5, 5.41) is 3.21. The summed E-state index contributed by atoms with van der Waals surface area (Å²) in [4.78, 5) is 21.5. The van der Waals surface area contributed by atoms with E-state index in [1.165, 1.54) is 0 Å². The van der Waals surface area contributed by atoms with Crippen molar-refractivity contribution in [2.45, 2.75) is 13.8 Å². The molecule has 3 aromatic rings. The minimum atomic E-state index is -0.312. The first-order valence-corrected chi connectivity index (χ1v) is 9.48. The Morgan fingerprint density at radius 3 is 2.36 bits per heavy atom. The number of aliphatic imine (C=N–C) groups is 1. The highest BCUT2D eigenvalue weighted by Crippen LogP contribution is 2.21. The van der Waals surface area contributed by atoms with Crippen molar-refractivity contribution in [1.82, 2.24) is 9.36 Å². The average Bonchev–Trinajstić information content (AvgIpc) is 3.17. The van der Waals surface area contributed by atoms with E-state index in [0.29, 0.717) is 22.1 Å². The zero-order chi connectivity index (χ0) is 19.9. The molecule has 0 spiro atoms. The zero-order valence-corrected chi connectivity index (χ0v) is 16.5. The lowest BCUT2D eigenvalue weighted by molar-refractivity contribution is -0.112. The number of carbonyl (C=O) groups excluding carboxylic acids is 1. The van der Waals surface area contributed by atoms with Crippen molar-refractivity contribution < 1.29 is 4.79 Å². The summed E-state index contributed by atoms with van der Waals surface area (Å²) in [7, 11) is 0. The topological polar surface area (TPSA) is 67.2 Å². The highest BCUT2D eigenvalue weighted by molar-refractivity contribution is 7.10. The molecule has 2 aromatic carbocycles. The molecule has 0 saturated carbocycles. The molecule has 0 aliphatic rings. The number of carbonyl (C=O) groups is 1. The Balaban J connectivity index is 1.77. The van der Waals surface area contributed by atoms with E-state index in [1.54, 1.807) is 13.1 Å². The van der Waals surface area contributed by atoms with Crippen LogP contribution in [0.2, 0.25) is 0 Å². The van der Waals surface area contributed by atoms with Crippen molar-refractivity contribution in [1.29, 1.82) is 0 Å². The minimum Gasteiger partial charge on any atom is -0.297 e. The number of aromatic nitrogens is 2. The molecule has 0 atom stereocenters. The molecule has 1 amide bonds. The number of nitrogens with one attached hydrogen (secondary N) is 1. The molecule has 0 unspecified atom stereocenters. The van der Waals surface area contributed by atoms with E-state index in [2.05, 4.69) is 26.2 Å². The summed E-state index contributed by atoms with van der Waals surface area (Å²) in [5.41, 5.74) is 3.73. The van der Waals surface area contributed by atoms with E-state index in [1.807, 2.05) is 67.6 Å². The van der Waals surface area contributed by atoms with Gasteiger partial charge in [0.25, 0.3) is 5.91 Å². The fourth-order valence-corrected chi connectivity index (χ4v) is 3.01. The second-order valence-corrected chi connectivity index (χ2v) is 6.90. The van der Waals surface area contributed by atoms with Crippen LogP contribution in [0, 0.1) is 0 Å². The Labute approximate surface area is 168 Å². The van der Waals surface area contributed by atoms with Crippen LogP contribution in [0.5, 0.6) is 0 Å². The Morgan fingerprint density at radius 2 is 1.71 bits per heavy atom. The van der Waals surface area contributed by atoms with Gasteiger partial charge in [0.2, 0.25) is 5.13 Å². The van der Waals surface area contributed by atoms with Crippen LogP contribution in [-0.2, 0) is 4.79 Å². The molecule has 28 heavy (non-hydrogen) atoms. The van der Waals surface area contributed by atoms with Crippen molar-refractivity contribution in [2.24, 2.45) is 4.99 Å². The van der Waals surface area contributed by atoms with E-state index in [4.69, 9.17) is 0 Å². The smallest absolute Gasteiger partial charge is 0.259 e. The van der Waals surface area contributed by atoms with Crippen molar-refractivity contribution in [3.63, 3.8) is 0 Å². The lowest BCUT2D eigenvalue weighted by atomic mass is 10.1. The molecule has 140 valence electrons. The number of anilines is 1. The van der Waals surface area contributed by atoms with Gasteiger partial charge in [0.05, 0.1) is 5.57 Å². The summed E-state index contributed by atoms with van der Waals surface area (Å²) in [6.45, 7) is 7.56. The zero-order valence-electron chi connectivity index (χ0n) is 15.7. The first-order valence-electron chi connectivity index (χ1n) is 8.71. The normalized spacial score (nSPS) is 11.9. The fourth-order valence-electron chi connectivity index (χ4n) is 2.42. The van der Waals surface area contributed by atoms with Gasteiger partial charge in [-0.3, -0.25) is 15.1 Å². The van der Waals surface area contributed by atoms with Gasteiger partial charge in [-0.2, -0.15) is 9.36 Å². The molecule has 1 heterocycles. The summed E-state index contributed by atoms with van der Waals surface area (Å²) >= 11 is 1.14. The molecule has 0 aliphatic heterocycles. The largest absolute Gasteiger partial charge is 0.297 e. The van der Waals surface area contributed by atoms with E-state index in [9.17, 15) is 4.79 Å². The Bertz CT molecular complexity index is 1040. The summed E-state index contributed by atoms with van der Waals surface area (Å²) < 4.78 is 4.30. The van der Waals surface area contributed by atoms with Gasteiger partial charge in [0.15, 0.2) is 5.82 Å². The third kappa shape index (κ3) is 4.86. The number of hydrogen-bond donors (Lipinski definition) is 1. The number of nitrogens with zero attached hydrogens (tertiary/aromatic N) is 3. The molecule has 0 fully saturated rings. The van der Waals surface area contributed by atoms with Crippen molar-refractivity contribution in [2.75, 3.05) is 5.32 Å². The quantitative estimate of drug-likeness (QED) is 0.362. The Kier molecular flexibility index (Phi) is 6.24. The van der Waals surface area contributed by atoms with Gasteiger partial charge >= 0.3 is 0 Å². The van der Waals surface area contributed by atoms with Crippen molar-refractivity contribution in [3.8, 4) is 11.4 Å². The van der Waals surface area contributed by atoms with Gasteiger partial charge in [0, 0.05) is 29.0 Å². The summed E-state index contributed by atoms with van der Waals surface area (Å²) in [6.07, 6.45) is 1.54. The summed E-state index contributed by atoms with van der Waals surface area (Å²) in [5.74, 6) is 0.271. The predicted molar refractivity (Wildman–Crippen MR) is 116 cm³/mol. The molecule has 1 aromatic heterocycles. The van der Waals surface area contributed by atoms with Crippen LogP contribution in [0.15, 0.2) is 89.6 Å². The second-order valence-electron chi connectivity index (χ2n) is 6.15. The van der Waals surface area contributed by atoms with Gasteiger partial charge in [-0.05, 0) is 25.0 Å². The van der Waals surface area contributed by atoms with E-state index >= 15 is 0 Å². The maximum atomic E-state index is 12.7. The molecular weight excluding hydrogens is 368 g/mol. The Morgan fingerprint density at radius 1 is 1.07 bits per heavy atom. The molecule has 6 heteroatoms. The lowest BCUT2D eigenvalue weighted by Gasteiger charge is -2.05. The van der Waals surface area contributed by atoms with Gasteiger partial charge in [-0.25, -0.2) is 0 Å². The van der Waals surface area contributed by atoms with Crippen LogP contribution in [0.4, 0.5) is 5.13 Å². The second kappa shape index (κ2) is 9.01. The minimum absolute atomic E-state index is 0.312. The van der Waals surface area contributed by atoms with Crippen LogP contribution >= 0.6 is 11.5 Å². The number of amides is 1. The molecule has 0 radical (unpaired) electrons. The van der Waals surface area contributed by atoms with Crippen molar-refractivity contribution >= 4 is 28.3 Å². The molecule has 3 rings (SSSR count). The highest BCUT2D eigenvalue weighted by atomic mass is 32.1. The SMILES string of the molecule is C=C(C)/C(=C\N=C(/C)c1ccccc1)C(=O)Nc1nc(-c2ccccc2)ns1. The Hall–Kier alpha value is -3.38. The number of rotatable bonds is 6. The molecule has 0 saturated heterocycles. The maximum absolute atomic E-state index is 12.7. The van der Waals surface area contributed by atoms with Crippen LogP contribution in [0.3, 0.4) is 0 Å². The van der Waals surface area contributed by atoms with E-state index in [-0.39, 0.29) is 5.91 Å². The first kappa shape index (κ1) is 19.4. The highest BCUT2D eigenvalue weighted by Gasteiger charge is 2.14. The van der Waals surface area contributed by atoms with Gasteiger partial charge in [-0.15, -0.1) is 0 Å². The van der Waals surface area contributed by atoms with Gasteiger partial charge in [-0.1, -0.05) is 67.2 Å². The molecular formula is C22H20N4OS. The van der Waals surface area contributed by atoms with Gasteiger partial charge in [0.1, 0.15) is 0 Å². The standard InChI is InChI=1S/C22H20N4OS/c1-15(2)19(14-23-16(3)17-10-6-4-7-11-17)21(27)25-22-24-20(26-28-22)18-12-8-5-9-13-18/h4-14H,1H2,2-3H3,(H,24,25,26,27)/b19-14+,23-16+. The van der Waals surface area contributed by atoms with Gasteiger partial charge < -0.3 is 0 Å². The third-order valence-electron chi connectivity index (χ3n) is 3.96. The van der Waals surface area contributed by atoms with Crippen LogP contribution in [-0.4, -0.2) is 21.0 Å². The maximum Gasteiger partial charge on any atom is 0.259 e. The molecule has 1 N–H and O–H groups in total. The van der Waals surface area contributed by atoms with E-state index in [0.717, 1.165) is 28.4 Å². The molecule has 5 nitrogen and oxygen atoms in total. The van der Waals surface area contributed by atoms with E-state index < -0.39 is 0 Å². The predicted octanol–water partition coefficient (Wildman–Crippen LogP) is 5.11. The monoisotopic (exact) mass is 388 g/mol.